The number of rotatable bonds is 7. The lowest BCUT2D eigenvalue weighted by Crippen LogP contribution is -2.36. The van der Waals surface area contributed by atoms with Crippen molar-refractivity contribution in [1.82, 2.24) is 25.8 Å². The molecular formula is C20H25IN6O2. The van der Waals surface area contributed by atoms with Gasteiger partial charge in [0.15, 0.2) is 11.8 Å². The fraction of sp³-hybridized carbons (Fsp3) is 0.250. The molecule has 3 aromatic rings. The van der Waals surface area contributed by atoms with E-state index in [0.29, 0.717) is 30.7 Å². The van der Waals surface area contributed by atoms with Crippen molar-refractivity contribution in [1.29, 1.82) is 0 Å². The molecule has 0 aliphatic heterocycles. The third-order valence-corrected chi connectivity index (χ3v) is 4.17. The van der Waals surface area contributed by atoms with E-state index >= 15 is 0 Å². The van der Waals surface area contributed by atoms with Gasteiger partial charge in [0, 0.05) is 24.7 Å². The first kappa shape index (κ1) is 22.5. The maximum absolute atomic E-state index is 5.37. The molecule has 0 fully saturated rings. The Morgan fingerprint density at radius 2 is 1.72 bits per heavy atom. The minimum Gasteiger partial charge on any atom is -0.497 e. The van der Waals surface area contributed by atoms with Crippen LogP contribution in [0.3, 0.4) is 0 Å². The number of benzene rings is 2. The van der Waals surface area contributed by atoms with Crippen LogP contribution < -0.4 is 20.1 Å². The van der Waals surface area contributed by atoms with Gasteiger partial charge in [0.05, 0.1) is 20.8 Å². The highest BCUT2D eigenvalue weighted by molar-refractivity contribution is 14.0. The van der Waals surface area contributed by atoms with Crippen molar-refractivity contribution in [3.8, 4) is 22.9 Å². The predicted molar refractivity (Wildman–Crippen MR) is 124 cm³/mol. The van der Waals surface area contributed by atoms with Gasteiger partial charge in [0.25, 0.3) is 0 Å². The van der Waals surface area contributed by atoms with E-state index in [9.17, 15) is 0 Å². The Morgan fingerprint density at radius 1 is 1.00 bits per heavy atom. The SMILES string of the molecule is CN=C(NCc1nc(-c2ccc(OC)cc2)n[nH]1)NCc1ccccc1OC.I. The number of halogens is 1. The number of nitrogens with one attached hydrogen (secondary N) is 3. The molecule has 2 aromatic carbocycles. The number of aliphatic imine (C=N–C) groups is 1. The summed E-state index contributed by atoms with van der Waals surface area (Å²) < 4.78 is 10.5. The molecule has 8 nitrogen and oxygen atoms in total. The number of guanidine groups is 1. The van der Waals surface area contributed by atoms with E-state index in [4.69, 9.17) is 9.47 Å². The van der Waals surface area contributed by atoms with E-state index in [1.54, 1.807) is 21.3 Å². The summed E-state index contributed by atoms with van der Waals surface area (Å²) in [4.78, 5) is 8.75. The van der Waals surface area contributed by atoms with E-state index < -0.39 is 0 Å². The Morgan fingerprint density at radius 3 is 2.41 bits per heavy atom. The van der Waals surface area contributed by atoms with Crippen LogP contribution in [0, 0.1) is 0 Å². The lowest BCUT2D eigenvalue weighted by molar-refractivity contribution is 0.409. The predicted octanol–water partition coefficient (Wildman–Crippen LogP) is 2.97. The Hall–Kier alpha value is -2.82. The van der Waals surface area contributed by atoms with Crippen LogP contribution in [0.5, 0.6) is 11.5 Å². The second-order valence-electron chi connectivity index (χ2n) is 5.93. The van der Waals surface area contributed by atoms with Gasteiger partial charge in [0.2, 0.25) is 0 Å². The molecular weight excluding hydrogens is 483 g/mol. The number of ether oxygens (including phenoxy) is 2. The molecule has 0 saturated carbocycles. The van der Waals surface area contributed by atoms with Gasteiger partial charge in [-0.15, -0.1) is 24.0 Å². The van der Waals surface area contributed by atoms with Crippen molar-refractivity contribution in [2.24, 2.45) is 4.99 Å². The molecule has 29 heavy (non-hydrogen) atoms. The second kappa shape index (κ2) is 11.2. The molecule has 0 bridgehead atoms. The maximum Gasteiger partial charge on any atom is 0.191 e. The van der Waals surface area contributed by atoms with Crippen molar-refractivity contribution in [3.63, 3.8) is 0 Å². The van der Waals surface area contributed by atoms with Crippen LogP contribution in [0.15, 0.2) is 53.5 Å². The Labute approximate surface area is 187 Å². The van der Waals surface area contributed by atoms with Crippen molar-refractivity contribution in [2.75, 3.05) is 21.3 Å². The minimum atomic E-state index is 0. The highest BCUT2D eigenvalue weighted by atomic mass is 127. The molecule has 0 amide bonds. The third-order valence-electron chi connectivity index (χ3n) is 4.17. The number of hydrogen-bond acceptors (Lipinski definition) is 5. The number of methoxy groups -OCH3 is 2. The molecule has 0 atom stereocenters. The van der Waals surface area contributed by atoms with Crippen molar-refractivity contribution in [3.05, 3.63) is 59.9 Å². The van der Waals surface area contributed by atoms with Gasteiger partial charge in [-0.25, -0.2) is 4.98 Å². The van der Waals surface area contributed by atoms with E-state index in [1.807, 2.05) is 48.5 Å². The van der Waals surface area contributed by atoms with Gasteiger partial charge >= 0.3 is 0 Å². The zero-order valence-corrected chi connectivity index (χ0v) is 18.9. The number of aromatic amines is 1. The van der Waals surface area contributed by atoms with Gasteiger partial charge in [-0.05, 0) is 30.3 Å². The topological polar surface area (TPSA) is 96.5 Å². The smallest absolute Gasteiger partial charge is 0.191 e. The van der Waals surface area contributed by atoms with E-state index in [-0.39, 0.29) is 24.0 Å². The van der Waals surface area contributed by atoms with Crippen LogP contribution >= 0.6 is 24.0 Å². The highest BCUT2D eigenvalue weighted by Crippen LogP contribution is 2.19. The Bertz CT molecular complexity index is 927. The molecule has 0 saturated heterocycles. The number of nitrogens with zero attached hydrogens (tertiary/aromatic N) is 3. The number of para-hydroxylation sites is 1. The molecule has 0 spiro atoms. The summed E-state index contributed by atoms with van der Waals surface area (Å²) in [6.45, 7) is 1.06. The molecule has 154 valence electrons. The molecule has 0 unspecified atom stereocenters. The summed E-state index contributed by atoms with van der Waals surface area (Å²) in [6.07, 6.45) is 0. The normalized spacial score (nSPS) is 10.8. The first-order valence-corrected chi connectivity index (χ1v) is 8.85. The van der Waals surface area contributed by atoms with Gasteiger partial charge < -0.3 is 20.1 Å². The largest absolute Gasteiger partial charge is 0.497 e. The molecule has 0 aliphatic rings. The average Bonchev–Trinajstić information content (AvgIpc) is 3.23. The first-order chi connectivity index (χ1) is 13.7. The van der Waals surface area contributed by atoms with E-state index in [2.05, 4.69) is 30.8 Å². The van der Waals surface area contributed by atoms with E-state index in [0.717, 1.165) is 22.6 Å². The summed E-state index contributed by atoms with van der Waals surface area (Å²) in [5.74, 6) is 3.65. The summed E-state index contributed by atoms with van der Waals surface area (Å²) in [6, 6.07) is 15.5. The molecule has 0 aliphatic carbocycles. The molecule has 1 heterocycles. The fourth-order valence-corrected chi connectivity index (χ4v) is 2.66. The van der Waals surface area contributed by atoms with Gasteiger partial charge in [-0.1, -0.05) is 18.2 Å². The first-order valence-electron chi connectivity index (χ1n) is 8.85. The van der Waals surface area contributed by atoms with Crippen LogP contribution in [0.25, 0.3) is 11.4 Å². The van der Waals surface area contributed by atoms with Gasteiger partial charge in [-0.3, -0.25) is 10.1 Å². The molecule has 1 aromatic heterocycles. The standard InChI is InChI=1S/C20H24N6O2.HI/c1-21-20(22-12-15-6-4-5-7-17(15)28-3)23-13-18-24-19(26-25-18)14-8-10-16(27-2)11-9-14;/h4-11H,12-13H2,1-3H3,(H2,21,22,23)(H,24,25,26);1H. The fourth-order valence-electron chi connectivity index (χ4n) is 2.66. The lowest BCUT2D eigenvalue weighted by Gasteiger charge is -2.13. The maximum atomic E-state index is 5.37. The lowest BCUT2D eigenvalue weighted by atomic mass is 10.2. The monoisotopic (exact) mass is 508 g/mol. The van der Waals surface area contributed by atoms with Gasteiger partial charge in [-0.2, -0.15) is 5.10 Å². The van der Waals surface area contributed by atoms with Crippen LogP contribution in [-0.2, 0) is 13.1 Å². The van der Waals surface area contributed by atoms with Crippen molar-refractivity contribution < 1.29 is 9.47 Å². The molecule has 3 rings (SSSR count). The summed E-state index contributed by atoms with van der Waals surface area (Å²) in [5.41, 5.74) is 1.97. The van der Waals surface area contributed by atoms with Crippen LogP contribution in [0.2, 0.25) is 0 Å². The summed E-state index contributed by atoms with van der Waals surface area (Å²) in [5, 5.41) is 13.7. The Balaban J connectivity index is 0.00000300. The van der Waals surface area contributed by atoms with E-state index in [1.165, 1.54) is 0 Å². The van der Waals surface area contributed by atoms with Gasteiger partial charge in [0.1, 0.15) is 17.3 Å². The summed E-state index contributed by atoms with van der Waals surface area (Å²) in [7, 11) is 5.03. The summed E-state index contributed by atoms with van der Waals surface area (Å²) >= 11 is 0. The third kappa shape index (κ3) is 6.08. The quantitative estimate of drug-likeness (QED) is 0.258. The van der Waals surface area contributed by atoms with Crippen LogP contribution in [0.1, 0.15) is 11.4 Å². The second-order valence-corrected chi connectivity index (χ2v) is 5.93. The zero-order valence-electron chi connectivity index (χ0n) is 16.6. The van der Waals surface area contributed by atoms with Crippen molar-refractivity contribution in [2.45, 2.75) is 13.1 Å². The molecule has 3 N–H and O–H groups in total. The highest BCUT2D eigenvalue weighted by Gasteiger charge is 2.08. The molecule has 0 radical (unpaired) electrons. The zero-order chi connectivity index (χ0) is 19.8. The van der Waals surface area contributed by atoms with Crippen LogP contribution in [0.4, 0.5) is 0 Å². The number of H-pyrrole nitrogens is 1. The number of aromatic nitrogens is 3. The Kier molecular flexibility index (Phi) is 8.71. The average molecular weight is 508 g/mol. The molecule has 9 heteroatoms. The van der Waals surface area contributed by atoms with Crippen molar-refractivity contribution >= 4 is 29.9 Å². The van der Waals surface area contributed by atoms with Crippen LogP contribution in [-0.4, -0.2) is 42.4 Å². The minimum absolute atomic E-state index is 0. The number of hydrogen-bond donors (Lipinski definition) is 3.